The van der Waals surface area contributed by atoms with Gasteiger partial charge in [0.25, 0.3) is 0 Å². The Morgan fingerprint density at radius 2 is 1.90 bits per heavy atom. The highest BCUT2D eigenvalue weighted by molar-refractivity contribution is 7.18. The third kappa shape index (κ3) is 2.62. The number of aromatic nitrogens is 4. The van der Waals surface area contributed by atoms with E-state index in [1.165, 1.54) is 11.3 Å². The Bertz CT molecular complexity index is 1280. The lowest BCUT2D eigenvalue weighted by molar-refractivity contribution is -0.255. The molecule has 0 unspecified atom stereocenters. The number of nitrogens with zero attached hydrogens (tertiary/aromatic N) is 4. The Morgan fingerprint density at radius 1 is 1.10 bits per heavy atom. The van der Waals surface area contributed by atoms with Crippen LogP contribution in [0.2, 0.25) is 0 Å². The van der Waals surface area contributed by atoms with Gasteiger partial charge in [0.1, 0.15) is 4.83 Å². The lowest BCUT2D eigenvalue weighted by atomic mass is 9.48. The number of rotatable bonds is 2. The second kappa shape index (κ2) is 5.37. The summed E-state index contributed by atoms with van der Waals surface area (Å²) in [4.78, 5) is 10.8. The summed E-state index contributed by atoms with van der Waals surface area (Å²) in [6.45, 7) is 0. The molecule has 29 heavy (non-hydrogen) atoms. The number of fused-ring (bicyclic) bond motifs is 2. The van der Waals surface area contributed by atoms with Crippen LogP contribution in [0, 0.1) is 5.41 Å². The first kappa shape index (κ1) is 17.4. The molecule has 0 aliphatic heterocycles. The lowest BCUT2D eigenvalue weighted by Gasteiger charge is -2.60. The minimum Gasteiger partial charge on any atom is -0.384 e. The minimum atomic E-state index is -2.55. The fourth-order valence-corrected chi connectivity index (χ4v) is 6.26. The van der Waals surface area contributed by atoms with Crippen LogP contribution in [0.15, 0.2) is 36.7 Å². The highest BCUT2D eigenvalue weighted by Gasteiger charge is 2.67. The number of hydrogen-bond donors (Lipinski definition) is 1. The molecule has 6 rings (SSSR count). The molecular formula is C21H18F2N4OS. The quantitative estimate of drug-likeness (QED) is 0.521. The molecule has 5 nitrogen and oxygen atoms in total. The van der Waals surface area contributed by atoms with Crippen molar-refractivity contribution >= 4 is 32.6 Å². The van der Waals surface area contributed by atoms with Crippen molar-refractivity contribution < 1.29 is 13.9 Å². The summed E-state index contributed by atoms with van der Waals surface area (Å²) in [5, 5.41) is 17.2. The molecule has 1 N–H and O–H groups in total. The third-order valence-corrected chi connectivity index (χ3v) is 7.45. The standard InChI is InChI=1S/C21H18F2N4OS/c1-27-7-14-4-13(6-24-17(14)26-27)15-3-2-12-5-16(29-18(12)25-15)20(28)8-19(9-20)10-21(22,23)11-19/h2-7,28H,8-11H2,1H3. The van der Waals surface area contributed by atoms with Gasteiger partial charge in [0, 0.05) is 53.5 Å². The van der Waals surface area contributed by atoms with Gasteiger partial charge in [0.05, 0.1) is 11.3 Å². The zero-order valence-electron chi connectivity index (χ0n) is 15.7. The Hall–Kier alpha value is -2.45. The maximum absolute atomic E-state index is 13.3. The molecule has 0 bridgehead atoms. The topological polar surface area (TPSA) is 63.8 Å². The number of pyridine rings is 2. The zero-order valence-corrected chi connectivity index (χ0v) is 16.5. The molecule has 0 radical (unpaired) electrons. The fourth-order valence-electron chi connectivity index (χ4n) is 5.14. The average molecular weight is 412 g/mol. The largest absolute Gasteiger partial charge is 0.384 e. The van der Waals surface area contributed by atoms with E-state index < -0.39 is 11.5 Å². The maximum Gasteiger partial charge on any atom is 0.249 e. The molecule has 0 amide bonds. The molecule has 4 heterocycles. The average Bonchev–Trinajstić information content (AvgIpc) is 3.19. The van der Waals surface area contributed by atoms with E-state index in [9.17, 15) is 13.9 Å². The van der Waals surface area contributed by atoms with Crippen LogP contribution < -0.4 is 0 Å². The monoisotopic (exact) mass is 412 g/mol. The van der Waals surface area contributed by atoms with Crippen LogP contribution in [0.1, 0.15) is 30.6 Å². The minimum absolute atomic E-state index is 0.0978. The normalized spacial score (nSPS) is 21.4. The summed E-state index contributed by atoms with van der Waals surface area (Å²) in [6, 6.07) is 7.89. The first-order chi connectivity index (χ1) is 13.7. The van der Waals surface area contributed by atoms with Crippen molar-refractivity contribution in [3.63, 3.8) is 0 Å². The van der Waals surface area contributed by atoms with Crippen LogP contribution in [0.3, 0.4) is 0 Å². The Kier molecular flexibility index (Phi) is 3.22. The molecule has 148 valence electrons. The number of thiophene rings is 1. The van der Waals surface area contributed by atoms with Gasteiger partial charge in [0.15, 0.2) is 5.65 Å². The molecule has 2 aliphatic rings. The van der Waals surface area contributed by atoms with Gasteiger partial charge in [-0.2, -0.15) is 5.10 Å². The maximum atomic E-state index is 13.3. The van der Waals surface area contributed by atoms with Crippen LogP contribution in [0.25, 0.3) is 32.5 Å². The summed E-state index contributed by atoms with van der Waals surface area (Å²) in [5.74, 6) is -2.55. The summed E-state index contributed by atoms with van der Waals surface area (Å²) in [7, 11) is 1.86. The number of aliphatic hydroxyl groups is 1. The molecule has 2 aliphatic carbocycles. The van der Waals surface area contributed by atoms with E-state index in [1.54, 1.807) is 10.9 Å². The summed E-state index contributed by atoms with van der Waals surface area (Å²) in [6.07, 6.45) is 4.31. The van der Waals surface area contributed by atoms with E-state index in [0.717, 1.165) is 31.7 Å². The summed E-state index contributed by atoms with van der Waals surface area (Å²) < 4.78 is 28.3. The third-order valence-electron chi connectivity index (χ3n) is 6.21. The molecule has 0 saturated heterocycles. The van der Waals surface area contributed by atoms with E-state index in [2.05, 4.69) is 10.1 Å². The molecule has 2 fully saturated rings. The smallest absolute Gasteiger partial charge is 0.249 e. The van der Waals surface area contributed by atoms with Crippen molar-refractivity contribution in [3.8, 4) is 11.3 Å². The highest BCUT2D eigenvalue weighted by Crippen LogP contribution is 2.68. The number of halogens is 2. The number of alkyl halides is 2. The van der Waals surface area contributed by atoms with Crippen LogP contribution in [-0.2, 0) is 12.6 Å². The van der Waals surface area contributed by atoms with E-state index in [1.807, 2.05) is 37.5 Å². The Morgan fingerprint density at radius 3 is 2.66 bits per heavy atom. The van der Waals surface area contributed by atoms with Crippen molar-refractivity contribution in [1.29, 1.82) is 0 Å². The van der Waals surface area contributed by atoms with Gasteiger partial charge in [-0.25, -0.2) is 18.7 Å². The van der Waals surface area contributed by atoms with Crippen molar-refractivity contribution in [1.82, 2.24) is 19.7 Å². The van der Waals surface area contributed by atoms with Crippen LogP contribution in [0.4, 0.5) is 8.78 Å². The predicted molar refractivity (Wildman–Crippen MR) is 107 cm³/mol. The first-order valence-electron chi connectivity index (χ1n) is 9.54. The molecule has 4 aromatic heterocycles. The van der Waals surface area contributed by atoms with Crippen LogP contribution in [-0.4, -0.2) is 30.8 Å². The fraction of sp³-hybridized carbons (Fsp3) is 0.381. The lowest BCUT2D eigenvalue weighted by Crippen LogP contribution is -2.59. The highest BCUT2D eigenvalue weighted by atomic mass is 32.1. The van der Waals surface area contributed by atoms with Crippen molar-refractivity contribution in [3.05, 3.63) is 41.5 Å². The molecular weight excluding hydrogens is 394 g/mol. The first-order valence-corrected chi connectivity index (χ1v) is 10.4. The number of aryl methyl sites for hydroxylation is 1. The van der Waals surface area contributed by atoms with Gasteiger partial charge in [0.2, 0.25) is 5.92 Å². The number of hydrogen-bond acceptors (Lipinski definition) is 5. The Balaban J connectivity index is 1.32. The van der Waals surface area contributed by atoms with E-state index in [-0.39, 0.29) is 18.3 Å². The summed E-state index contributed by atoms with van der Waals surface area (Å²) >= 11 is 1.45. The molecule has 8 heteroatoms. The molecule has 1 spiro atoms. The molecule has 0 aromatic carbocycles. The van der Waals surface area contributed by atoms with E-state index in [4.69, 9.17) is 4.98 Å². The van der Waals surface area contributed by atoms with E-state index >= 15 is 0 Å². The van der Waals surface area contributed by atoms with Crippen molar-refractivity contribution in [2.45, 2.75) is 37.2 Å². The SMILES string of the molecule is Cn1cc2cc(-c3ccc4cc(C5(O)CC6(CC(F)(F)C6)C5)sc4n3)cnc2n1. The Labute approximate surface area is 169 Å². The van der Waals surface area contributed by atoms with Gasteiger partial charge in [-0.05, 0) is 42.5 Å². The van der Waals surface area contributed by atoms with Gasteiger partial charge in [-0.15, -0.1) is 11.3 Å². The molecule has 2 saturated carbocycles. The van der Waals surface area contributed by atoms with Crippen LogP contribution in [0.5, 0.6) is 0 Å². The van der Waals surface area contributed by atoms with Crippen molar-refractivity contribution in [2.75, 3.05) is 0 Å². The van der Waals surface area contributed by atoms with E-state index in [0.29, 0.717) is 18.5 Å². The second-order valence-electron chi connectivity index (χ2n) is 8.74. The van der Waals surface area contributed by atoms with Gasteiger partial charge < -0.3 is 5.11 Å². The zero-order chi connectivity index (χ0) is 20.0. The summed E-state index contributed by atoms with van der Waals surface area (Å²) in [5.41, 5.74) is 1.02. The van der Waals surface area contributed by atoms with Crippen LogP contribution >= 0.6 is 11.3 Å². The van der Waals surface area contributed by atoms with Crippen molar-refractivity contribution in [2.24, 2.45) is 12.5 Å². The second-order valence-corrected chi connectivity index (χ2v) is 9.77. The van der Waals surface area contributed by atoms with Gasteiger partial charge in [-0.3, -0.25) is 4.68 Å². The van der Waals surface area contributed by atoms with Gasteiger partial charge in [-0.1, -0.05) is 0 Å². The molecule has 0 atom stereocenters. The predicted octanol–water partition coefficient (Wildman–Crippen LogP) is 4.64. The molecule has 4 aromatic rings. The van der Waals surface area contributed by atoms with Gasteiger partial charge >= 0.3 is 0 Å².